The SMILES string of the molecule is CCOC(=O)C1=C(C)N=c2sc(=Cc3ccc(-c4cc(C(=O)O)ccc4Cl)o3)c(=O)n2[C@H]1c1cc(OC)c(OC)c(OC)c1. The molecule has 0 bridgehead atoms. The predicted molar refractivity (Wildman–Crippen MR) is 163 cm³/mol. The molecule has 0 radical (unpaired) electrons. The minimum absolute atomic E-state index is 0.0511. The number of fused-ring (bicyclic) bond motifs is 1. The average Bonchev–Trinajstić information content (AvgIpc) is 3.59. The van der Waals surface area contributed by atoms with Gasteiger partial charge in [0.2, 0.25) is 5.75 Å². The van der Waals surface area contributed by atoms with E-state index in [1.165, 1.54) is 44.1 Å². The molecule has 1 aliphatic rings. The Kier molecular flexibility index (Phi) is 8.66. The zero-order chi connectivity index (χ0) is 31.7. The third-order valence-electron chi connectivity index (χ3n) is 6.90. The van der Waals surface area contributed by atoms with Crippen LogP contribution in [0, 0.1) is 0 Å². The second-order valence-electron chi connectivity index (χ2n) is 9.46. The van der Waals surface area contributed by atoms with Crippen molar-refractivity contribution in [2.24, 2.45) is 4.99 Å². The minimum Gasteiger partial charge on any atom is -0.493 e. The Balaban J connectivity index is 1.68. The van der Waals surface area contributed by atoms with Crippen LogP contribution in [0.2, 0.25) is 5.02 Å². The number of furan rings is 1. The van der Waals surface area contributed by atoms with Crippen LogP contribution in [0.3, 0.4) is 0 Å². The summed E-state index contributed by atoms with van der Waals surface area (Å²) in [5.74, 6) is -0.0215. The van der Waals surface area contributed by atoms with Crippen molar-refractivity contribution in [3.8, 4) is 28.6 Å². The van der Waals surface area contributed by atoms with Crippen LogP contribution in [0.15, 0.2) is 67.9 Å². The van der Waals surface area contributed by atoms with E-state index in [1.807, 2.05) is 0 Å². The second-order valence-corrected chi connectivity index (χ2v) is 10.9. The van der Waals surface area contributed by atoms with Gasteiger partial charge in [-0.3, -0.25) is 9.36 Å². The number of thiazole rings is 1. The largest absolute Gasteiger partial charge is 0.493 e. The maximum atomic E-state index is 14.0. The molecule has 0 saturated carbocycles. The molecule has 4 aromatic rings. The number of aromatic nitrogens is 1. The summed E-state index contributed by atoms with van der Waals surface area (Å²) in [4.78, 5) is 43.7. The van der Waals surface area contributed by atoms with Gasteiger partial charge < -0.3 is 28.5 Å². The van der Waals surface area contributed by atoms with Gasteiger partial charge >= 0.3 is 11.9 Å². The number of esters is 1. The summed E-state index contributed by atoms with van der Waals surface area (Å²) in [5.41, 5.74) is 1.11. The molecule has 13 heteroatoms. The van der Waals surface area contributed by atoms with Gasteiger partial charge in [-0.25, -0.2) is 14.6 Å². The van der Waals surface area contributed by atoms with Crippen LogP contribution < -0.4 is 29.1 Å². The highest BCUT2D eigenvalue weighted by Crippen LogP contribution is 2.42. The molecule has 0 amide bonds. The number of carbonyl (C=O) groups is 2. The molecule has 1 atom stereocenters. The second kappa shape index (κ2) is 12.4. The lowest BCUT2D eigenvalue weighted by atomic mass is 9.95. The number of carboxylic acid groups (broad SMARTS) is 1. The number of benzene rings is 2. The summed E-state index contributed by atoms with van der Waals surface area (Å²) in [6, 6.07) is 10.00. The number of halogens is 1. The Morgan fingerprint density at radius 3 is 2.41 bits per heavy atom. The quantitative estimate of drug-likeness (QED) is 0.264. The highest BCUT2D eigenvalue weighted by Gasteiger charge is 2.34. The van der Waals surface area contributed by atoms with Crippen LogP contribution >= 0.6 is 22.9 Å². The molecule has 5 rings (SSSR count). The maximum Gasteiger partial charge on any atom is 0.338 e. The van der Waals surface area contributed by atoms with Crippen LogP contribution in [0.5, 0.6) is 17.2 Å². The van der Waals surface area contributed by atoms with Gasteiger partial charge in [0.05, 0.1) is 60.4 Å². The van der Waals surface area contributed by atoms with Gasteiger partial charge in [-0.05, 0) is 61.9 Å². The van der Waals surface area contributed by atoms with E-state index in [2.05, 4.69) is 4.99 Å². The summed E-state index contributed by atoms with van der Waals surface area (Å²) in [7, 11) is 4.43. The summed E-state index contributed by atoms with van der Waals surface area (Å²) < 4.78 is 29.6. The van der Waals surface area contributed by atoms with E-state index in [4.69, 9.17) is 35.0 Å². The van der Waals surface area contributed by atoms with Crippen LogP contribution in [0.4, 0.5) is 0 Å². The monoisotopic (exact) mass is 638 g/mol. The highest BCUT2D eigenvalue weighted by molar-refractivity contribution is 7.07. The van der Waals surface area contributed by atoms with E-state index in [1.54, 1.807) is 44.2 Å². The zero-order valence-corrected chi connectivity index (χ0v) is 25.9. The molecule has 1 N–H and O–H groups in total. The molecule has 11 nitrogen and oxygen atoms in total. The summed E-state index contributed by atoms with van der Waals surface area (Å²) in [6.07, 6.45) is 1.55. The number of nitrogens with zero attached hydrogens (tertiary/aromatic N) is 2. The van der Waals surface area contributed by atoms with Crippen LogP contribution in [-0.4, -0.2) is 49.5 Å². The first-order chi connectivity index (χ1) is 21.1. The first-order valence-electron chi connectivity index (χ1n) is 13.2. The molecule has 44 heavy (non-hydrogen) atoms. The number of ether oxygens (including phenoxy) is 4. The molecule has 0 unspecified atom stereocenters. The molecular weight excluding hydrogens is 612 g/mol. The molecule has 228 valence electrons. The zero-order valence-electron chi connectivity index (χ0n) is 24.3. The molecular formula is C31H27ClN2O9S. The van der Waals surface area contributed by atoms with E-state index in [0.29, 0.717) is 55.4 Å². The fourth-order valence-electron chi connectivity index (χ4n) is 4.92. The maximum absolute atomic E-state index is 14.0. The standard InChI is InChI=1S/C31H27ClN2O9S/c1-6-42-30(38)25-15(2)33-31-34(26(25)17-12-22(39-3)27(41-5)23(13-17)40-4)28(35)24(44-31)14-18-8-10-21(43-18)19-11-16(29(36)37)7-9-20(19)32/h7-14,26H,6H2,1-5H3,(H,36,37)/t26-/m0/s1. The van der Waals surface area contributed by atoms with Crippen molar-refractivity contribution >= 4 is 41.0 Å². The van der Waals surface area contributed by atoms with Crippen molar-refractivity contribution in [1.82, 2.24) is 4.57 Å². The predicted octanol–water partition coefficient (Wildman–Crippen LogP) is 4.44. The number of methoxy groups -OCH3 is 3. The lowest BCUT2D eigenvalue weighted by Gasteiger charge is -2.26. The Morgan fingerprint density at radius 1 is 1.09 bits per heavy atom. The molecule has 2 aromatic heterocycles. The van der Waals surface area contributed by atoms with E-state index in [0.717, 1.165) is 11.3 Å². The minimum atomic E-state index is -1.10. The molecule has 2 aromatic carbocycles. The first-order valence-corrected chi connectivity index (χ1v) is 14.4. The number of carbonyl (C=O) groups excluding carboxylic acids is 1. The van der Waals surface area contributed by atoms with Crippen molar-refractivity contribution in [2.45, 2.75) is 19.9 Å². The number of hydrogen-bond donors (Lipinski definition) is 1. The number of rotatable bonds is 9. The molecule has 0 fully saturated rings. The molecule has 3 heterocycles. The van der Waals surface area contributed by atoms with Gasteiger partial charge in [-0.15, -0.1) is 0 Å². The fraction of sp³-hybridized carbons (Fsp3) is 0.226. The molecule has 0 spiro atoms. The Bertz CT molecular complexity index is 1980. The van der Waals surface area contributed by atoms with E-state index < -0.39 is 23.5 Å². The van der Waals surface area contributed by atoms with Crippen LogP contribution in [0.1, 0.15) is 41.6 Å². The molecule has 0 saturated heterocycles. The number of hydrogen-bond acceptors (Lipinski definition) is 10. The van der Waals surface area contributed by atoms with Gasteiger partial charge in [-0.1, -0.05) is 22.9 Å². The average molecular weight is 639 g/mol. The summed E-state index contributed by atoms with van der Waals surface area (Å²) in [6.45, 7) is 3.50. The van der Waals surface area contributed by atoms with E-state index in [-0.39, 0.29) is 22.3 Å². The van der Waals surface area contributed by atoms with Gasteiger partial charge in [-0.2, -0.15) is 0 Å². The van der Waals surface area contributed by atoms with Crippen molar-refractivity contribution < 1.29 is 38.1 Å². The third-order valence-corrected chi connectivity index (χ3v) is 8.21. The first kappa shape index (κ1) is 30.6. The van der Waals surface area contributed by atoms with Crippen molar-refractivity contribution in [2.75, 3.05) is 27.9 Å². The summed E-state index contributed by atoms with van der Waals surface area (Å²) >= 11 is 7.43. The fourth-order valence-corrected chi connectivity index (χ4v) is 6.16. The van der Waals surface area contributed by atoms with Gasteiger partial charge in [0, 0.05) is 11.6 Å². The highest BCUT2D eigenvalue weighted by atomic mass is 35.5. The van der Waals surface area contributed by atoms with Crippen molar-refractivity contribution in [3.05, 3.63) is 95.3 Å². The van der Waals surface area contributed by atoms with Gasteiger partial charge in [0.25, 0.3) is 5.56 Å². The van der Waals surface area contributed by atoms with Crippen LogP contribution in [-0.2, 0) is 9.53 Å². The van der Waals surface area contributed by atoms with Crippen molar-refractivity contribution in [1.29, 1.82) is 0 Å². The van der Waals surface area contributed by atoms with Crippen LogP contribution in [0.25, 0.3) is 17.4 Å². The lowest BCUT2D eigenvalue weighted by Crippen LogP contribution is -2.40. The smallest absolute Gasteiger partial charge is 0.338 e. The van der Waals surface area contributed by atoms with E-state index in [9.17, 15) is 19.5 Å². The summed E-state index contributed by atoms with van der Waals surface area (Å²) in [5, 5.41) is 9.68. The lowest BCUT2D eigenvalue weighted by molar-refractivity contribution is -0.139. The number of carboxylic acids is 1. The number of allylic oxidation sites excluding steroid dienone is 1. The topological polar surface area (TPSA) is 139 Å². The third kappa shape index (κ3) is 5.49. The number of aromatic carboxylic acids is 1. The molecule has 0 aliphatic carbocycles. The Hall–Kier alpha value is -4.81. The normalized spacial score (nSPS) is 14.6. The van der Waals surface area contributed by atoms with E-state index >= 15 is 0 Å². The Morgan fingerprint density at radius 2 is 1.80 bits per heavy atom. The van der Waals surface area contributed by atoms with Crippen molar-refractivity contribution in [3.63, 3.8) is 0 Å². The Labute approximate surface area is 259 Å². The molecule has 1 aliphatic heterocycles. The van der Waals surface area contributed by atoms with Gasteiger partial charge in [0.15, 0.2) is 16.3 Å². The van der Waals surface area contributed by atoms with Gasteiger partial charge in [0.1, 0.15) is 11.5 Å².